The molecule has 2 unspecified atom stereocenters. The van der Waals surface area contributed by atoms with Crippen LogP contribution in [0.5, 0.6) is 5.75 Å². The summed E-state index contributed by atoms with van der Waals surface area (Å²) < 4.78 is 24.2. The maximum Gasteiger partial charge on any atom is 0.165 e. The standard InChI is InChI=1S/C14H18FNO3/c1-18-13-3-2-9(4-12(13)15)14(17)5-10-7-19-8-11(6-14)16-10/h2-4,10-11,16-17H,5-8H2,1H3. The lowest BCUT2D eigenvalue weighted by Gasteiger charge is -2.45. The summed E-state index contributed by atoms with van der Waals surface area (Å²) in [7, 11) is 1.43. The molecule has 104 valence electrons. The number of aliphatic hydroxyl groups is 1. The van der Waals surface area contributed by atoms with Crippen LogP contribution in [0.3, 0.4) is 0 Å². The van der Waals surface area contributed by atoms with Crippen LogP contribution in [-0.4, -0.2) is 37.5 Å². The second-order valence-electron chi connectivity index (χ2n) is 5.39. The Hall–Kier alpha value is -1.17. The normalized spacial score (nSPS) is 34.1. The molecule has 0 radical (unpaired) electrons. The van der Waals surface area contributed by atoms with Crippen molar-refractivity contribution in [3.8, 4) is 5.75 Å². The molecule has 2 saturated heterocycles. The number of nitrogens with one attached hydrogen (secondary N) is 1. The summed E-state index contributed by atoms with van der Waals surface area (Å²) in [6.07, 6.45) is 1.07. The fourth-order valence-corrected chi connectivity index (χ4v) is 3.11. The molecule has 2 aliphatic heterocycles. The van der Waals surface area contributed by atoms with Gasteiger partial charge in [-0.05, 0) is 30.5 Å². The highest BCUT2D eigenvalue weighted by molar-refractivity contribution is 5.33. The molecule has 0 aromatic heterocycles. The minimum absolute atomic E-state index is 0.127. The highest BCUT2D eigenvalue weighted by atomic mass is 19.1. The molecule has 2 fully saturated rings. The summed E-state index contributed by atoms with van der Waals surface area (Å²) in [6.45, 7) is 1.19. The molecule has 0 saturated carbocycles. The van der Waals surface area contributed by atoms with Gasteiger partial charge in [-0.2, -0.15) is 0 Å². The molecule has 2 bridgehead atoms. The number of benzene rings is 1. The van der Waals surface area contributed by atoms with Gasteiger partial charge in [-0.3, -0.25) is 0 Å². The molecule has 5 heteroatoms. The van der Waals surface area contributed by atoms with Crippen LogP contribution >= 0.6 is 0 Å². The van der Waals surface area contributed by atoms with E-state index in [4.69, 9.17) is 9.47 Å². The van der Waals surface area contributed by atoms with Crippen molar-refractivity contribution < 1.29 is 19.0 Å². The molecule has 3 rings (SSSR count). The number of ether oxygens (including phenoxy) is 2. The molecule has 2 aliphatic rings. The van der Waals surface area contributed by atoms with Crippen molar-refractivity contribution >= 4 is 0 Å². The van der Waals surface area contributed by atoms with Crippen LogP contribution in [0.2, 0.25) is 0 Å². The van der Waals surface area contributed by atoms with Crippen LogP contribution in [0.1, 0.15) is 18.4 Å². The van der Waals surface area contributed by atoms with Gasteiger partial charge in [0.1, 0.15) is 0 Å². The van der Waals surface area contributed by atoms with Gasteiger partial charge in [0, 0.05) is 12.1 Å². The molecule has 1 aromatic rings. The van der Waals surface area contributed by atoms with E-state index >= 15 is 0 Å². The van der Waals surface area contributed by atoms with Crippen LogP contribution in [0.25, 0.3) is 0 Å². The summed E-state index contributed by atoms with van der Waals surface area (Å²) >= 11 is 0. The molecule has 2 atom stereocenters. The minimum Gasteiger partial charge on any atom is -0.494 e. The van der Waals surface area contributed by atoms with Gasteiger partial charge in [0.25, 0.3) is 0 Å². The Labute approximate surface area is 111 Å². The van der Waals surface area contributed by atoms with Gasteiger partial charge in [-0.25, -0.2) is 4.39 Å². The van der Waals surface area contributed by atoms with Gasteiger partial charge in [-0.15, -0.1) is 0 Å². The fourth-order valence-electron chi connectivity index (χ4n) is 3.11. The molecular formula is C14H18FNO3. The lowest BCUT2D eigenvalue weighted by atomic mass is 9.78. The third-order valence-electron chi connectivity index (χ3n) is 3.97. The number of morpholine rings is 1. The quantitative estimate of drug-likeness (QED) is 0.844. The molecule has 1 aromatic carbocycles. The topological polar surface area (TPSA) is 50.7 Å². The molecule has 2 heterocycles. The van der Waals surface area contributed by atoms with Crippen molar-refractivity contribution in [1.82, 2.24) is 5.32 Å². The highest BCUT2D eigenvalue weighted by Crippen LogP contribution is 2.37. The zero-order valence-electron chi connectivity index (χ0n) is 10.9. The van der Waals surface area contributed by atoms with E-state index in [1.54, 1.807) is 12.1 Å². The predicted octanol–water partition coefficient (Wildman–Crippen LogP) is 1.17. The van der Waals surface area contributed by atoms with E-state index in [2.05, 4.69) is 5.32 Å². The van der Waals surface area contributed by atoms with E-state index in [0.29, 0.717) is 31.6 Å². The number of piperidine rings is 1. The number of halogens is 1. The van der Waals surface area contributed by atoms with Crippen LogP contribution in [0, 0.1) is 5.82 Å². The lowest BCUT2D eigenvalue weighted by molar-refractivity contribution is -0.0803. The third kappa shape index (κ3) is 2.33. The first-order chi connectivity index (χ1) is 9.10. The molecule has 0 amide bonds. The first kappa shape index (κ1) is 12.8. The van der Waals surface area contributed by atoms with Crippen molar-refractivity contribution in [2.75, 3.05) is 20.3 Å². The van der Waals surface area contributed by atoms with E-state index in [0.717, 1.165) is 0 Å². The highest BCUT2D eigenvalue weighted by Gasteiger charge is 2.42. The van der Waals surface area contributed by atoms with E-state index in [1.165, 1.54) is 13.2 Å². The largest absolute Gasteiger partial charge is 0.494 e. The maximum absolute atomic E-state index is 13.8. The monoisotopic (exact) mass is 267 g/mol. The van der Waals surface area contributed by atoms with E-state index in [9.17, 15) is 9.50 Å². The smallest absolute Gasteiger partial charge is 0.165 e. The maximum atomic E-state index is 13.8. The van der Waals surface area contributed by atoms with Gasteiger partial charge in [0.05, 0.1) is 25.9 Å². The summed E-state index contributed by atoms with van der Waals surface area (Å²) in [5.74, 6) is -0.238. The van der Waals surface area contributed by atoms with Gasteiger partial charge in [0.2, 0.25) is 0 Å². The number of hydrogen-bond donors (Lipinski definition) is 2. The second kappa shape index (κ2) is 4.74. The Morgan fingerprint density at radius 3 is 2.63 bits per heavy atom. The first-order valence-electron chi connectivity index (χ1n) is 6.51. The van der Waals surface area contributed by atoms with E-state index < -0.39 is 11.4 Å². The summed E-state index contributed by atoms with van der Waals surface area (Å²) in [4.78, 5) is 0. The van der Waals surface area contributed by atoms with Gasteiger partial charge < -0.3 is 19.9 Å². The van der Waals surface area contributed by atoms with Crippen molar-refractivity contribution in [3.05, 3.63) is 29.6 Å². The lowest BCUT2D eigenvalue weighted by Crippen LogP contribution is -2.58. The zero-order chi connectivity index (χ0) is 13.5. The number of rotatable bonds is 2. The van der Waals surface area contributed by atoms with Crippen LogP contribution in [0.15, 0.2) is 18.2 Å². The second-order valence-corrected chi connectivity index (χ2v) is 5.39. The molecule has 2 N–H and O–H groups in total. The third-order valence-corrected chi connectivity index (χ3v) is 3.97. The SMILES string of the molecule is COc1ccc(C2(O)CC3COCC(C2)N3)cc1F. The van der Waals surface area contributed by atoms with Crippen molar-refractivity contribution in [1.29, 1.82) is 0 Å². The summed E-state index contributed by atoms with van der Waals surface area (Å²) in [6, 6.07) is 4.94. The van der Waals surface area contributed by atoms with Gasteiger partial charge >= 0.3 is 0 Å². The molecule has 0 aliphatic carbocycles. The fraction of sp³-hybridized carbons (Fsp3) is 0.571. The van der Waals surface area contributed by atoms with E-state index in [-0.39, 0.29) is 17.8 Å². The van der Waals surface area contributed by atoms with Crippen molar-refractivity contribution in [2.24, 2.45) is 0 Å². The van der Waals surface area contributed by atoms with Crippen molar-refractivity contribution in [3.63, 3.8) is 0 Å². The predicted molar refractivity (Wildman–Crippen MR) is 67.6 cm³/mol. The first-order valence-corrected chi connectivity index (χ1v) is 6.51. The zero-order valence-corrected chi connectivity index (χ0v) is 10.9. The van der Waals surface area contributed by atoms with Gasteiger partial charge in [0.15, 0.2) is 11.6 Å². The van der Waals surface area contributed by atoms with E-state index in [1.807, 2.05) is 0 Å². The number of fused-ring (bicyclic) bond motifs is 2. The minimum atomic E-state index is -0.989. The summed E-state index contributed by atoms with van der Waals surface area (Å²) in [5, 5.41) is 14.2. The molecule has 4 nitrogen and oxygen atoms in total. The van der Waals surface area contributed by atoms with Gasteiger partial charge in [-0.1, -0.05) is 6.07 Å². The molecule has 19 heavy (non-hydrogen) atoms. The molecule has 0 spiro atoms. The number of methoxy groups -OCH3 is 1. The van der Waals surface area contributed by atoms with Crippen LogP contribution in [-0.2, 0) is 10.3 Å². The Morgan fingerprint density at radius 1 is 1.37 bits per heavy atom. The van der Waals surface area contributed by atoms with Crippen LogP contribution in [0.4, 0.5) is 4.39 Å². The molecular weight excluding hydrogens is 249 g/mol. The average Bonchev–Trinajstić information content (AvgIpc) is 2.38. The summed E-state index contributed by atoms with van der Waals surface area (Å²) in [5.41, 5.74) is -0.374. The Morgan fingerprint density at radius 2 is 2.05 bits per heavy atom. The Kier molecular flexibility index (Phi) is 3.20. The average molecular weight is 267 g/mol. The van der Waals surface area contributed by atoms with Crippen molar-refractivity contribution in [2.45, 2.75) is 30.5 Å². The number of hydrogen-bond acceptors (Lipinski definition) is 4. The Balaban J connectivity index is 1.89. The Bertz CT molecular complexity index is 468. The van der Waals surface area contributed by atoms with Crippen LogP contribution < -0.4 is 10.1 Å².